The van der Waals surface area contributed by atoms with Crippen molar-refractivity contribution in [3.63, 3.8) is 0 Å². The van der Waals surface area contributed by atoms with Crippen molar-refractivity contribution in [2.75, 3.05) is 18.6 Å². The number of nitrogens with one attached hydrogen (secondary N) is 4. The van der Waals surface area contributed by atoms with Crippen LogP contribution in [0.1, 0.15) is 56.1 Å². The van der Waals surface area contributed by atoms with E-state index in [1.807, 2.05) is 24.5 Å². The molecule has 2 aromatic rings. The van der Waals surface area contributed by atoms with Crippen LogP contribution in [0.25, 0.3) is 0 Å². The van der Waals surface area contributed by atoms with E-state index in [9.17, 15) is 34.2 Å². The summed E-state index contributed by atoms with van der Waals surface area (Å²) in [4.78, 5) is 66.0. The number of thioether (sulfide) groups is 1. The number of carboxylic acids is 1. The highest BCUT2D eigenvalue weighted by Crippen LogP contribution is 2.61. The van der Waals surface area contributed by atoms with Gasteiger partial charge in [-0.05, 0) is 104 Å². The third kappa shape index (κ3) is 9.57. The highest BCUT2D eigenvalue weighted by atomic mass is 32.2. The third-order valence-electron chi connectivity index (χ3n) is 10.6. The van der Waals surface area contributed by atoms with Gasteiger partial charge in [-0.2, -0.15) is 11.8 Å². The standard InChI is InChI=1S/C37H49N5O7S/c1-50-12-11-29(36(48)49)41-34(46)30(17-22-5-3-2-4-6-22)40-31(44)21-39-35(47)32(37-18-24-13-25(19-37)15-26(14-24)20-37)42-33(45)28(38)16-23-7-9-27(43)10-8-23/h2-10,24-26,28-30,32,43H,11-21,38H2,1H3,(H,39,47)(H,40,44)(H,41,46)(H,42,45)(H,48,49)/t24?,25?,26?,28-,29-,30-,32-,37?/m0/s1. The summed E-state index contributed by atoms with van der Waals surface area (Å²) in [5.74, 6) is -1.25. The van der Waals surface area contributed by atoms with Gasteiger partial charge in [0.25, 0.3) is 0 Å². The molecule has 4 aliphatic carbocycles. The Hall–Kier alpha value is -4.10. The molecule has 6 rings (SSSR count). The lowest BCUT2D eigenvalue weighted by atomic mass is 9.47. The van der Waals surface area contributed by atoms with Crippen molar-refractivity contribution >= 4 is 41.4 Å². The number of rotatable bonds is 17. The summed E-state index contributed by atoms with van der Waals surface area (Å²) in [6.07, 6.45) is 8.26. The average Bonchev–Trinajstić information content (AvgIpc) is 3.08. The molecule has 4 fully saturated rings. The van der Waals surface area contributed by atoms with Gasteiger partial charge in [-0.3, -0.25) is 19.2 Å². The van der Waals surface area contributed by atoms with Gasteiger partial charge in [0.1, 0.15) is 23.9 Å². The van der Waals surface area contributed by atoms with E-state index in [2.05, 4.69) is 21.3 Å². The first-order valence-corrected chi connectivity index (χ1v) is 18.8. The topological polar surface area (TPSA) is 200 Å². The second-order valence-electron chi connectivity index (χ2n) is 14.4. The zero-order valence-electron chi connectivity index (χ0n) is 28.4. The fraction of sp³-hybridized carbons (Fsp3) is 0.541. The minimum Gasteiger partial charge on any atom is -0.508 e. The number of carboxylic acid groups (broad SMARTS) is 1. The van der Waals surface area contributed by atoms with E-state index in [4.69, 9.17) is 5.73 Å². The number of aliphatic carboxylic acids is 1. The van der Waals surface area contributed by atoms with Crippen molar-refractivity contribution in [3.05, 3.63) is 65.7 Å². The van der Waals surface area contributed by atoms with E-state index in [1.54, 1.807) is 24.3 Å². The summed E-state index contributed by atoms with van der Waals surface area (Å²) in [6, 6.07) is 11.5. The summed E-state index contributed by atoms with van der Waals surface area (Å²) < 4.78 is 0. The Bertz CT molecular complexity index is 1490. The number of hydrogen-bond donors (Lipinski definition) is 7. The molecule has 13 heteroatoms. The van der Waals surface area contributed by atoms with Crippen LogP contribution in [-0.2, 0) is 36.8 Å². The molecule has 8 N–H and O–H groups in total. The van der Waals surface area contributed by atoms with E-state index >= 15 is 0 Å². The second-order valence-corrected chi connectivity index (χ2v) is 15.4. The first-order valence-electron chi connectivity index (χ1n) is 17.4. The Morgan fingerprint density at radius 1 is 0.800 bits per heavy atom. The molecule has 4 bridgehead atoms. The number of aromatic hydroxyl groups is 1. The molecule has 50 heavy (non-hydrogen) atoms. The van der Waals surface area contributed by atoms with Crippen LogP contribution in [0.15, 0.2) is 54.6 Å². The molecule has 12 nitrogen and oxygen atoms in total. The van der Waals surface area contributed by atoms with E-state index in [0.717, 1.165) is 49.7 Å². The molecule has 4 atom stereocenters. The Morgan fingerprint density at radius 3 is 1.98 bits per heavy atom. The first-order chi connectivity index (χ1) is 23.9. The van der Waals surface area contributed by atoms with Crippen LogP contribution in [0, 0.1) is 23.2 Å². The van der Waals surface area contributed by atoms with Crippen LogP contribution in [-0.4, -0.2) is 82.5 Å². The monoisotopic (exact) mass is 707 g/mol. The molecule has 0 heterocycles. The molecular weight excluding hydrogens is 659 g/mol. The minimum absolute atomic E-state index is 0.108. The smallest absolute Gasteiger partial charge is 0.326 e. The van der Waals surface area contributed by atoms with Gasteiger partial charge in [-0.15, -0.1) is 0 Å². The van der Waals surface area contributed by atoms with Gasteiger partial charge >= 0.3 is 5.97 Å². The second kappa shape index (κ2) is 16.7. The molecule has 2 aromatic carbocycles. The quantitative estimate of drug-likeness (QED) is 0.129. The summed E-state index contributed by atoms with van der Waals surface area (Å²) in [5.41, 5.74) is 7.42. The molecule has 4 saturated carbocycles. The fourth-order valence-corrected chi connectivity index (χ4v) is 9.07. The summed E-state index contributed by atoms with van der Waals surface area (Å²) >= 11 is 1.46. The predicted molar refractivity (Wildman–Crippen MR) is 190 cm³/mol. The summed E-state index contributed by atoms with van der Waals surface area (Å²) in [5, 5.41) is 30.3. The predicted octanol–water partition coefficient (Wildman–Crippen LogP) is 2.13. The van der Waals surface area contributed by atoms with Crippen molar-refractivity contribution in [1.82, 2.24) is 21.3 Å². The number of carbonyl (C=O) groups is 5. The number of amides is 4. The molecule has 270 valence electrons. The number of phenolic OH excluding ortho intramolecular Hbond substituents is 1. The lowest BCUT2D eigenvalue weighted by Crippen LogP contribution is -2.64. The van der Waals surface area contributed by atoms with Crippen LogP contribution >= 0.6 is 11.8 Å². The van der Waals surface area contributed by atoms with Gasteiger partial charge in [-0.25, -0.2) is 4.79 Å². The Morgan fingerprint density at radius 2 is 1.40 bits per heavy atom. The highest BCUT2D eigenvalue weighted by Gasteiger charge is 2.56. The lowest BCUT2D eigenvalue weighted by Gasteiger charge is -2.59. The van der Waals surface area contributed by atoms with Crippen LogP contribution in [0.3, 0.4) is 0 Å². The Balaban J connectivity index is 1.27. The van der Waals surface area contributed by atoms with Crippen LogP contribution in [0.4, 0.5) is 0 Å². The molecule has 0 aliphatic heterocycles. The van der Waals surface area contributed by atoms with Gasteiger partial charge in [-0.1, -0.05) is 42.5 Å². The van der Waals surface area contributed by atoms with Gasteiger partial charge in [0.2, 0.25) is 23.6 Å². The number of phenols is 1. The average molecular weight is 708 g/mol. The van der Waals surface area contributed by atoms with Crippen molar-refractivity contribution in [2.24, 2.45) is 28.9 Å². The Labute approximate surface area is 297 Å². The molecule has 4 amide bonds. The molecule has 4 aliphatic rings. The van der Waals surface area contributed by atoms with E-state index in [1.165, 1.54) is 23.9 Å². The molecule has 0 saturated heterocycles. The van der Waals surface area contributed by atoms with E-state index in [0.29, 0.717) is 23.5 Å². The van der Waals surface area contributed by atoms with Crippen LogP contribution in [0.2, 0.25) is 0 Å². The van der Waals surface area contributed by atoms with Crippen LogP contribution < -0.4 is 27.0 Å². The third-order valence-corrected chi connectivity index (χ3v) is 11.2. The van der Waals surface area contributed by atoms with Gasteiger partial charge in [0.15, 0.2) is 0 Å². The first kappa shape index (κ1) is 37.2. The molecule has 0 aromatic heterocycles. The zero-order chi connectivity index (χ0) is 35.8. The maximum absolute atomic E-state index is 14.0. The SMILES string of the molecule is CSCC[C@H](NC(=O)[C@H](Cc1ccccc1)NC(=O)CNC(=O)[C@H](NC(=O)[C@@H](N)Cc1ccc(O)cc1)C12CC3CC(CC(C3)C1)C2)C(=O)O. The lowest BCUT2D eigenvalue weighted by molar-refractivity contribution is -0.143. The van der Waals surface area contributed by atoms with Crippen molar-refractivity contribution in [2.45, 2.75) is 82.0 Å². The summed E-state index contributed by atoms with van der Waals surface area (Å²) in [7, 11) is 0. The summed E-state index contributed by atoms with van der Waals surface area (Å²) in [6.45, 7) is -0.440. The normalized spacial score (nSPS) is 24.3. The van der Waals surface area contributed by atoms with Gasteiger partial charge < -0.3 is 37.2 Å². The molecule has 0 unspecified atom stereocenters. The number of carbonyl (C=O) groups excluding carboxylic acids is 4. The molecular formula is C37H49N5O7S. The number of nitrogens with two attached hydrogens (primary N) is 1. The van der Waals surface area contributed by atoms with Crippen molar-refractivity contribution < 1.29 is 34.2 Å². The number of hydrogen-bond acceptors (Lipinski definition) is 8. The maximum atomic E-state index is 14.0. The highest BCUT2D eigenvalue weighted by molar-refractivity contribution is 7.98. The largest absolute Gasteiger partial charge is 0.508 e. The Kier molecular flexibility index (Phi) is 12.4. The van der Waals surface area contributed by atoms with E-state index < -0.39 is 65.7 Å². The molecule has 0 radical (unpaired) electrons. The van der Waals surface area contributed by atoms with Gasteiger partial charge in [0.05, 0.1) is 12.6 Å². The van der Waals surface area contributed by atoms with Crippen molar-refractivity contribution in [3.8, 4) is 5.75 Å². The molecule has 0 spiro atoms. The maximum Gasteiger partial charge on any atom is 0.326 e. The van der Waals surface area contributed by atoms with E-state index in [-0.39, 0.29) is 25.0 Å². The fourth-order valence-electron chi connectivity index (χ4n) is 8.60. The van der Waals surface area contributed by atoms with Crippen LogP contribution in [0.5, 0.6) is 5.75 Å². The number of benzene rings is 2. The van der Waals surface area contributed by atoms with Gasteiger partial charge in [0, 0.05) is 11.8 Å². The van der Waals surface area contributed by atoms with Crippen molar-refractivity contribution in [1.29, 1.82) is 0 Å². The zero-order valence-corrected chi connectivity index (χ0v) is 29.3. The minimum atomic E-state index is -1.16.